The summed E-state index contributed by atoms with van der Waals surface area (Å²) in [5, 5.41) is 1.05. The van der Waals surface area contributed by atoms with E-state index in [0.717, 1.165) is 33.2 Å². The number of hydrogen-bond donors (Lipinski definition) is 1. The third kappa shape index (κ3) is 3.37. The fraction of sp³-hybridized carbons (Fsp3) is 0.0500. The van der Waals surface area contributed by atoms with Gasteiger partial charge in [0.05, 0.1) is 17.0 Å². The standard InChI is InChI=1S/C20H15N3O2S/c24-26(25)13-17-3-1-16(12-23-17)15-2-4-20-19(11-15)18(7-10-22-20)14-5-8-21-9-6-14/h1-12H,13H2,(H,24,25). The van der Waals surface area contributed by atoms with E-state index in [1.165, 1.54) is 0 Å². The van der Waals surface area contributed by atoms with Gasteiger partial charge in [-0.1, -0.05) is 12.1 Å². The Morgan fingerprint density at radius 2 is 1.65 bits per heavy atom. The van der Waals surface area contributed by atoms with E-state index in [-0.39, 0.29) is 5.75 Å². The van der Waals surface area contributed by atoms with Crippen molar-refractivity contribution >= 4 is 22.0 Å². The molecule has 1 atom stereocenters. The zero-order chi connectivity index (χ0) is 17.9. The summed E-state index contributed by atoms with van der Waals surface area (Å²) in [6, 6.07) is 15.7. The Hall–Kier alpha value is -2.96. The van der Waals surface area contributed by atoms with Crippen LogP contribution >= 0.6 is 0 Å². The number of benzene rings is 1. The van der Waals surface area contributed by atoms with Crippen LogP contribution in [0.15, 0.2) is 73.3 Å². The van der Waals surface area contributed by atoms with Crippen LogP contribution in [0.25, 0.3) is 33.2 Å². The van der Waals surface area contributed by atoms with Gasteiger partial charge in [-0.05, 0) is 53.1 Å². The molecule has 4 rings (SSSR count). The molecule has 3 heterocycles. The number of pyridine rings is 3. The van der Waals surface area contributed by atoms with Crippen LogP contribution in [-0.2, 0) is 16.8 Å². The van der Waals surface area contributed by atoms with Gasteiger partial charge in [-0.25, -0.2) is 4.21 Å². The molecule has 0 bridgehead atoms. The Morgan fingerprint density at radius 3 is 2.38 bits per heavy atom. The van der Waals surface area contributed by atoms with E-state index in [2.05, 4.69) is 21.0 Å². The van der Waals surface area contributed by atoms with Crippen LogP contribution in [0.5, 0.6) is 0 Å². The van der Waals surface area contributed by atoms with E-state index in [9.17, 15) is 4.21 Å². The van der Waals surface area contributed by atoms with Gasteiger partial charge < -0.3 is 4.55 Å². The first kappa shape index (κ1) is 16.5. The van der Waals surface area contributed by atoms with E-state index in [4.69, 9.17) is 4.55 Å². The highest BCUT2D eigenvalue weighted by Gasteiger charge is 2.08. The number of rotatable bonds is 4. The maximum absolute atomic E-state index is 10.9. The number of nitrogens with zero attached hydrogens (tertiary/aromatic N) is 3. The predicted molar refractivity (Wildman–Crippen MR) is 103 cm³/mol. The van der Waals surface area contributed by atoms with E-state index >= 15 is 0 Å². The van der Waals surface area contributed by atoms with Crippen molar-refractivity contribution in [3.8, 4) is 22.3 Å². The summed E-state index contributed by atoms with van der Waals surface area (Å²) in [7, 11) is 0. The highest BCUT2D eigenvalue weighted by atomic mass is 32.2. The molecule has 4 aromatic rings. The van der Waals surface area contributed by atoms with Gasteiger partial charge in [-0.3, -0.25) is 15.0 Å². The quantitative estimate of drug-likeness (QED) is 0.554. The van der Waals surface area contributed by atoms with Crippen LogP contribution in [0, 0.1) is 0 Å². The largest absolute Gasteiger partial charge is 0.306 e. The van der Waals surface area contributed by atoms with Crippen LogP contribution in [0.1, 0.15) is 5.69 Å². The van der Waals surface area contributed by atoms with Crippen LogP contribution in [0.4, 0.5) is 0 Å². The lowest BCUT2D eigenvalue weighted by Crippen LogP contribution is -1.96. The molecule has 0 aliphatic heterocycles. The highest BCUT2D eigenvalue weighted by Crippen LogP contribution is 2.30. The molecule has 0 aliphatic carbocycles. The van der Waals surface area contributed by atoms with E-state index in [0.29, 0.717) is 5.69 Å². The molecule has 3 aromatic heterocycles. The Balaban J connectivity index is 1.79. The molecule has 0 spiro atoms. The Bertz CT molecular complexity index is 1080. The smallest absolute Gasteiger partial charge is 0.158 e. The fourth-order valence-corrected chi connectivity index (χ4v) is 3.34. The van der Waals surface area contributed by atoms with Gasteiger partial charge in [-0.2, -0.15) is 0 Å². The van der Waals surface area contributed by atoms with Crippen molar-refractivity contribution < 1.29 is 8.76 Å². The van der Waals surface area contributed by atoms with E-state index < -0.39 is 11.1 Å². The number of fused-ring (bicyclic) bond motifs is 1. The molecule has 1 aromatic carbocycles. The van der Waals surface area contributed by atoms with Gasteiger partial charge in [0.2, 0.25) is 0 Å². The molecule has 0 radical (unpaired) electrons. The third-order valence-corrected chi connectivity index (χ3v) is 4.71. The molecule has 6 heteroatoms. The molecule has 1 N–H and O–H groups in total. The molecule has 0 aliphatic rings. The summed E-state index contributed by atoms with van der Waals surface area (Å²) in [6.45, 7) is 0. The topological polar surface area (TPSA) is 76.0 Å². The van der Waals surface area contributed by atoms with Crippen molar-refractivity contribution in [3.05, 3.63) is 79.0 Å². The van der Waals surface area contributed by atoms with Crippen molar-refractivity contribution in [3.63, 3.8) is 0 Å². The monoisotopic (exact) mass is 361 g/mol. The predicted octanol–water partition coefficient (Wildman–Crippen LogP) is 4.08. The van der Waals surface area contributed by atoms with Crippen LogP contribution in [0.2, 0.25) is 0 Å². The number of hydrogen-bond acceptors (Lipinski definition) is 4. The van der Waals surface area contributed by atoms with E-state index in [1.54, 1.807) is 24.7 Å². The zero-order valence-electron chi connectivity index (χ0n) is 13.7. The molecule has 0 saturated heterocycles. The minimum atomic E-state index is -1.89. The minimum Gasteiger partial charge on any atom is -0.306 e. The van der Waals surface area contributed by atoms with Gasteiger partial charge >= 0.3 is 0 Å². The maximum Gasteiger partial charge on any atom is 0.158 e. The Kier molecular flexibility index (Phi) is 4.51. The van der Waals surface area contributed by atoms with Gasteiger partial charge in [0.25, 0.3) is 0 Å². The summed E-state index contributed by atoms with van der Waals surface area (Å²) >= 11 is -1.89. The highest BCUT2D eigenvalue weighted by molar-refractivity contribution is 7.78. The SMILES string of the molecule is O=S(O)Cc1ccc(-c2ccc3nccc(-c4ccncc4)c3c2)cn1. The molecule has 0 fully saturated rings. The van der Waals surface area contributed by atoms with Crippen molar-refractivity contribution in [2.75, 3.05) is 0 Å². The van der Waals surface area contributed by atoms with Crippen molar-refractivity contribution in [1.29, 1.82) is 0 Å². The van der Waals surface area contributed by atoms with Crippen molar-refractivity contribution in [2.24, 2.45) is 0 Å². The normalized spacial score (nSPS) is 12.2. The van der Waals surface area contributed by atoms with Crippen LogP contribution in [-0.4, -0.2) is 23.7 Å². The van der Waals surface area contributed by atoms with Crippen LogP contribution < -0.4 is 0 Å². The second kappa shape index (κ2) is 7.11. The molecule has 0 saturated carbocycles. The third-order valence-electron chi connectivity index (χ3n) is 4.16. The molecule has 0 amide bonds. The maximum atomic E-state index is 10.9. The fourth-order valence-electron chi connectivity index (χ4n) is 2.92. The van der Waals surface area contributed by atoms with Gasteiger partial charge in [0.1, 0.15) is 0 Å². The lowest BCUT2D eigenvalue weighted by Gasteiger charge is -2.09. The first-order valence-corrected chi connectivity index (χ1v) is 9.30. The molecular formula is C20H15N3O2S. The van der Waals surface area contributed by atoms with Crippen molar-refractivity contribution in [2.45, 2.75) is 5.75 Å². The van der Waals surface area contributed by atoms with Gasteiger partial charge in [-0.15, -0.1) is 0 Å². The molecule has 128 valence electrons. The average molecular weight is 361 g/mol. The molecule has 5 nitrogen and oxygen atoms in total. The molecule has 1 unspecified atom stereocenters. The summed E-state index contributed by atoms with van der Waals surface area (Å²) in [5.41, 5.74) is 5.66. The average Bonchev–Trinajstić information content (AvgIpc) is 2.68. The first-order valence-electron chi connectivity index (χ1n) is 8.02. The van der Waals surface area contributed by atoms with Crippen molar-refractivity contribution in [1.82, 2.24) is 15.0 Å². The summed E-state index contributed by atoms with van der Waals surface area (Å²) < 4.78 is 19.9. The summed E-state index contributed by atoms with van der Waals surface area (Å²) in [5.74, 6) is 0.0358. The second-order valence-electron chi connectivity index (χ2n) is 5.83. The zero-order valence-corrected chi connectivity index (χ0v) is 14.6. The van der Waals surface area contributed by atoms with E-state index in [1.807, 2.05) is 42.6 Å². The lowest BCUT2D eigenvalue weighted by atomic mass is 9.98. The Labute approximate surface area is 153 Å². The van der Waals surface area contributed by atoms with Gasteiger partial charge in [0, 0.05) is 35.7 Å². The Morgan fingerprint density at radius 1 is 0.846 bits per heavy atom. The summed E-state index contributed by atoms with van der Waals surface area (Å²) in [6.07, 6.45) is 7.09. The molecular weight excluding hydrogens is 346 g/mol. The lowest BCUT2D eigenvalue weighted by molar-refractivity contribution is 0.563. The first-order chi connectivity index (χ1) is 12.7. The van der Waals surface area contributed by atoms with Crippen LogP contribution in [0.3, 0.4) is 0 Å². The summed E-state index contributed by atoms with van der Waals surface area (Å²) in [4.78, 5) is 12.8. The molecule has 26 heavy (non-hydrogen) atoms. The second-order valence-corrected chi connectivity index (χ2v) is 6.76. The number of aromatic nitrogens is 3. The van der Waals surface area contributed by atoms with Gasteiger partial charge in [0.15, 0.2) is 11.1 Å². The minimum absolute atomic E-state index is 0.0358.